The van der Waals surface area contributed by atoms with Gasteiger partial charge in [0.1, 0.15) is 0 Å². The van der Waals surface area contributed by atoms with Gasteiger partial charge in [0.05, 0.1) is 5.54 Å². The third kappa shape index (κ3) is 3.69. The van der Waals surface area contributed by atoms with E-state index in [0.717, 1.165) is 24.9 Å². The monoisotopic (exact) mass is 267 g/mol. The fraction of sp³-hybridized carbons (Fsp3) is 0.933. The standard InChI is InChI=1S/C15H29N3O/c1-15(17,14(16)19)9-5-11-18-10-4-7-12-6-2-3-8-13(12)18/h12-13H,2-11,17H2,1H3,(H2,16,19)/t12-,13-,15?/m1/s1. The van der Waals surface area contributed by atoms with E-state index in [1.165, 1.54) is 45.1 Å². The van der Waals surface area contributed by atoms with Gasteiger partial charge in [0.2, 0.25) is 5.91 Å². The third-order valence-electron chi connectivity index (χ3n) is 5.06. The van der Waals surface area contributed by atoms with E-state index in [-0.39, 0.29) is 5.91 Å². The summed E-state index contributed by atoms with van der Waals surface area (Å²) in [4.78, 5) is 13.9. The van der Waals surface area contributed by atoms with Crippen LogP contribution in [0.2, 0.25) is 0 Å². The molecule has 4 nitrogen and oxygen atoms in total. The van der Waals surface area contributed by atoms with E-state index in [1.54, 1.807) is 6.92 Å². The molecule has 4 N–H and O–H groups in total. The number of nitrogens with two attached hydrogens (primary N) is 2. The molecule has 1 saturated heterocycles. The summed E-state index contributed by atoms with van der Waals surface area (Å²) in [6.45, 7) is 4.04. The first-order chi connectivity index (χ1) is 9.00. The van der Waals surface area contributed by atoms with Gasteiger partial charge in [-0.25, -0.2) is 0 Å². The van der Waals surface area contributed by atoms with Crippen molar-refractivity contribution in [2.45, 2.75) is 69.9 Å². The highest BCUT2D eigenvalue weighted by Gasteiger charge is 2.33. The van der Waals surface area contributed by atoms with E-state index in [2.05, 4.69) is 4.90 Å². The summed E-state index contributed by atoms with van der Waals surface area (Å²) in [6, 6.07) is 0.792. The van der Waals surface area contributed by atoms with Crippen LogP contribution in [0, 0.1) is 5.92 Å². The minimum absolute atomic E-state index is 0.387. The van der Waals surface area contributed by atoms with Crippen LogP contribution >= 0.6 is 0 Å². The number of nitrogens with zero attached hydrogens (tertiary/aromatic N) is 1. The number of rotatable bonds is 5. The average Bonchev–Trinajstić information content (AvgIpc) is 2.38. The summed E-state index contributed by atoms with van der Waals surface area (Å²) in [5.41, 5.74) is 10.4. The van der Waals surface area contributed by atoms with Gasteiger partial charge in [-0.2, -0.15) is 0 Å². The number of carbonyl (C=O) groups excluding carboxylic acids is 1. The smallest absolute Gasteiger partial charge is 0.237 e. The van der Waals surface area contributed by atoms with E-state index in [4.69, 9.17) is 11.5 Å². The number of carbonyl (C=O) groups is 1. The molecule has 1 heterocycles. The van der Waals surface area contributed by atoms with Crippen molar-refractivity contribution in [3.05, 3.63) is 0 Å². The lowest BCUT2D eigenvalue weighted by Gasteiger charge is -2.44. The van der Waals surface area contributed by atoms with Crippen LogP contribution < -0.4 is 11.5 Å². The number of piperidine rings is 1. The molecule has 2 aliphatic rings. The van der Waals surface area contributed by atoms with Crippen LogP contribution in [-0.2, 0) is 4.79 Å². The Hall–Kier alpha value is -0.610. The molecule has 0 radical (unpaired) electrons. The molecule has 2 fully saturated rings. The third-order valence-corrected chi connectivity index (χ3v) is 5.06. The fourth-order valence-corrected chi connectivity index (χ4v) is 3.78. The lowest BCUT2D eigenvalue weighted by molar-refractivity contribution is -0.122. The van der Waals surface area contributed by atoms with Crippen LogP contribution in [0.3, 0.4) is 0 Å². The van der Waals surface area contributed by atoms with Gasteiger partial charge < -0.3 is 16.4 Å². The maximum absolute atomic E-state index is 11.2. The first kappa shape index (κ1) is 14.8. The second kappa shape index (κ2) is 6.23. The summed E-state index contributed by atoms with van der Waals surface area (Å²) < 4.78 is 0. The predicted molar refractivity (Wildman–Crippen MR) is 77.6 cm³/mol. The molecule has 1 amide bonds. The maximum atomic E-state index is 11.2. The summed E-state index contributed by atoms with van der Waals surface area (Å²) >= 11 is 0. The highest BCUT2D eigenvalue weighted by Crippen LogP contribution is 2.35. The van der Waals surface area contributed by atoms with E-state index in [0.29, 0.717) is 6.42 Å². The van der Waals surface area contributed by atoms with Gasteiger partial charge in [-0.1, -0.05) is 12.8 Å². The summed E-state index contributed by atoms with van der Waals surface area (Å²) in [6.07, 6.45) is 9.98. The minimum Gasteiger partial charge on any atom is -0.368 e. The molecule has 1 unspecified atom stereocenters. The zero-order valence-electron chi connectivity index (χ0n) is 12.2. The SMILES string of the molecule is CC(N)(CCCN1CCC[C@H]2CCCC[C@H]21)C(N)=O. The van der Waals surface area contributed by atoms with E-state index >= 15 is 0 Å². The Morgan fingerprint density at radius 2 is 1.95 bits per heavy atom. The van der Waals surface area contributed by atoms with Gasteiger partial charge in [0.15, 0.2) is 0 Å². The van der Waals surface area contributed by atoms with Gasteiger partial charge in [0, 0.05) is 6.04 Å². The highest BCUT2D eigenvalue weighted by molar-refractivity contribution is 5.83. The molecule has 1 aliphatic heterocycles. The van der Waals surface area contributed by atoms with Crippen molar-refractivity contribution in [1.29, 1.82) is 0 Å². The van der Waals surface area contributed by atoms with Gasteiger partial charge >= 0.3 is 0 Å². The van der Waals surface area contributed by atoms with Crippen molar-refractivity contribution in [3.8, 4) is 0 Å². The van der Waals surface area contributed by atoms with Crippen LogP contribution in [0.1, 0.15) is 58.3 Å². The van der Waals surface area contributed by atoms with Gasteiger partial charge in [-0.3, -0.25) is 4.79 Å². The quantitative estimate of drug-likeness (QED) is 0.795. The molecule has 110 valence electrons. The van der Waals surface area contributed by atoms with E-state index in [9.17, 15) is 4.79 Å². The Labute approximate surface area is 116 Å². The molecule has 0 spiro atoms. The highest BCUT2D eigenvalue weighted by atomic mass is 16.1. The zero-order valence-corrected chi connectivity index (χ0v) is 12.2. The van der Waals surface area contributed by atoms with Crippen molar-refractivity contribution < 1.29 is 4.79 Å². The van der Waals surface area contributed by atoms with E-state index < -0.39 is 5.54 Å². The number of primary amides is 1. The van der Waals surface area contributed by atoms with Gasteiger partial charge in [-0.05, 0) is 64.5 Å². The summed E-state index contributed by atoms with van der Waals surface area (Å²) in [5.74, 6) is 0.532. The zero-order chi connectivity index (χ0) is 13.9. The van der Waals surface area contributed by atoms with Crippen LogP contribution in [0.4, 0.5) is 0 Å². The molecule has 0 aromatic heterocycles. The Kier molecular flexibility index (Phi) is 4.85. The predicted octanol–water partition coefficient (Wildman–Crippen LogP) is 1.62. The van der Waals surface area contributed by atoms with Crippen LogP contribution in [0.25, 0.3) is 0 Å². The molecule has 0 aromatic rings. The molecular formula is C15H29N3O. The molecule has 2 rings (SSSR count). The lowest BCUT2D eigenvalue weighted by atomic mass is 9.78. The van der Waals surface area contributed by atoms with Crippen LogP contribution in [-0.4, -0.2) is 35.5 Å². The molecular weight excluding hydrogens is 238 g/mol. The Bertz CT molecular complexity index is 315. The average molecular weight is 267 g/mol. The fourth-order valence-electron chi connectivity index (χ4n) is 3.78. The molecule has 1 saturated carbocycles. The van der Waals surface area contributed by atoms with Gasteiger partial charge in [0.25, 0.3) is 0 Å². The minimum atomic E-state index is -0.845. The maximum Gasteiger partial charge on any atom is 0.237 e. The number of hydrogen-bond acceptors (Lipinski definition) is 3. The van der Waals surface area contributed by atoms with Crippen LogP contribution in [0.15, 0.2) is 0 Å². The lowest BCUT2D eigenvalue weighted by Crippen LogP contribution is -2.50. The Morgan fingerprint density at radius 3 is 2.68 bits per heavy atom. The number of amides is 1. The summed E-state index contributed by atoms with van der Waals surface area (Å²) in [5, 5.41) is 0. The van der Waals surface area contributed by atoms with Gasteiger partial charge in [-0.15, -0.1) is 0 Å². The first-order valence-electron chi connectivity index (χ1n) is 7.83. The van der Waals surface area contributed by atoms with Crippen molar-refractivity contribution in [2.24, 2.45) is 17.4 Å². The Morgan fingerprint density at radius 1 is 1.26 bits per heavy atom. The molecule has 4 heteroatoms. The van der Waals surface area contributed by atoms with Crippen molar-refractivity contribution >= 4 is 5.91 Å². The van der Waals surface area contributed by atoms with E-state index in [1.807, 2.05) is 0 Å². The molecule has 19 heavy (non-hydrogen) atoms. The molecule has 1 aliphatic carbocycles. The molecule has 3 atom stereocenters. The molecule has 0 bridgehead atoms. The second-order valence-electron chi connectivity index (χ2n) is 6.68. The van der Waals surface area contributed by atoms with Crippen molar-refractivity contribution in [2.75, 3.05) is 13.1 Å². The Balaban J connectivity index is 1.80. The topological polar surface area (TPSA) is 72.3 Å². The van der Waals surface area contributed by atoms with Crippen LogP contribution in [0.5, 0.6) is 0 Å². The second-order valence-corrected chi connectivity index (χ2v) is 6.68. The van der Waals surface area contributed by atoms with Crippen molar-refractivity contribution in [3.63, 3.8) is 0 Å². The first-order valence-corrected chi connectivity index (χ1v) is 7.83. The summed E-state index contributed by atoms with van der Waals surface area (Å²) in [7, 11) is 0. The van der Waals surface area contributed by atoms with Crippen molar-refractivity contribution in [1.82, 2.24) is 4.90 Å². The number of fused-ring (bicyclic) bond motifs is 1. The number of likely N-dealkylation sites (tertiary alicyclic amines) is 1. The molecule has 0 aromatic carbocycles. The normalized spacial score (nSPS) is 31.5. The largest absolute Gasteiger partial charge is 0.368 e. The number of hydrogen-bond donors (Lipinski definition) is 2.